The minimum Gasteiger partial charge on any atom is -0.325 e. The maximum absolute atomic E-state index is 8.74. The molecule has 0 unspecified atom stereocenters. The van der Waals surface area contributed by atoms with Gasteiger partial charge in [-0.25, -0.2) is 0 Å². The molecule has 0 rings (SSSR count). The van der Waals surface area contributed by atoms with Crippen molar-refractivity contribution in [2.75, 3.05) is 0 Å². The standard InChI is InChI=1S/C8H15.Na.H2O4S/c1-3-5-7-8-6-4-2;;1-5(2,3)4/h3,7H,1,4-6,8H2,2H3;;(H2,1,2,3,4)/q-1;+1;. The molecule has 0 fully saturated rings. The zero-order chi connectivity index (χ0) is 10.7. The molecule has 4 nitrogen and oxygen atoms in total. The van der Waals surface area contributed by atoms with E-state index >= 15 is 0 Å². The van der Waals surface area contributed by atoms with Crippen LogP contribution in [-0.2, 0) is 10.4 Å². The van der Waals surface area contributed by atoms with E-state index in [1.807, 2.05) is 6.08 Å². The van der Waals surface area contributed by atoms with E-state index in [1.54, 1.807) is 0 Å². The summed E-state index contributed by atoms with van der Waals surface area (Å²) in [5, 5.41) is 0. The number of rotatable bonds is 5. The first kappa shape index (κ1) is 20.1. The molecule has 0 aromatic rings. The van der Waals surface area contributed by atoms with Gasteiger partial charge >= 0.3 is 40.0 Å². The Bertz CT molecular complexity index is 193. The minimum absolute atomic E-state index is 0. The Labute approximate surface area is 109 Å². The molecule has 0 radical (unpaired) electrons. The summed E-state index contributed by atoms with van der Waals surface area (Å²) in [6.45, 7) is 5.84. The topological polar surface area (TPSA) is 74.6 Å². The first-order chi connectivity index (χ1) is 5.91. The Morgan fingerprint density at radius 3 is 2.14 bits per heavy atom. The molecule has 0 aromatic carbocycles. The molecule has 0 amide bonds. The van der Waals surface area contributed by atoms with Gasteiger partial charge in [0.25, 0.3) is 0 Å². The van der Waals surface area contributed by atoms with Gasteiger partial charge < -0.3 is 6.42 Å². The van der Waals surface area contributed by atoms with Crippen LogP contribution in [0.25, 0.3) is 0 Å². The van der Waals surface area contributed by atoms with E-state index in [2.05, 4.69) is 19.9 Å². The van der Waals surface area contributed by atoms with Crippen molar-refractivity contribution < 1.29 is 47.1 Å². The van der Waals surface area contributed by atoms with E-state index < -0.39 is 10.4 Å². The van der Waals surface area contributed by atoms with E-state index in [-0.39, 0.29) is 29.6 Å². The molecule has 2 N–H and O–H groups in total. The summed E-state index contributed by atoms with van der Waals surface area (Å²) in [4.78, 5) is 0. The van der Waals surface area contributed by atoms with Crippen LogP contribution < -0.4 is 29.6 Å². The number of hydrogen-bond acceptors (Lipinski definition) is 2. The predicted molar refractivity (Wildman–Crippen MR) is 52.8 cm³/mol. The van der Waals surface area contributed by atoms with E-state index in [1.165, 1.54) is 19.3 Å². The third-order valence-corrected chi connectivity index (χ3v) is 1.10. The van der Waals surface area contributed by atoms with Gasteiger partial charge in [0.2, 0.25) is 0 Å². The minimum atomic E-state index is -4.67. The summed E-state index contributed by atoms with van der Waals surface area (Å²) < 4.78 is 31.6. The number of unbranched alkanes of at least 4 members (excludes halogenated alkanes) is 4. The fraction of sp³-hybridized carbons (Fsp3) is 0.625. The summed E-state index contributed by atoms with van der Waals surface area (Å²) in [5.41, 5.74) is 0. The smallest absolute Gasteiger partial charge is 0.325 e. The van der Waals surface area contributed by atoms with Crippen molar-refractivity contribution in [1.29, 1.82) is 0 Å². The van der Waals surface area contributed by atoms with Crippen molar-refractivity contribution in [2.24, 2.45) is 0 Å². The van der Waals surface area contributed by atoms with Crippen LogP contribution in [-0.4, -0.2) is 17.5 Å². The molecule has 6 heteroatoms. The van der Waals surface area contributed by atoms with Crippen molar-refractivity contribution in [3.05, 3.63) is 19.1 Å². The molecule has 0 aliphatic heterocycles. The summed E-state index contributed by atoms with van der Waals surface area (Å²) in [6, 6.07) is 0. The molecular formula is C8H17NaO4S. The summed E-state index contributed by atoms with van der Waals surface area (Å²) in [5.74, 6) is 0. The van der Waals surface area contributed by atoms with Crippen LogP contribution in [0.2, 0.25) is 0 Å². The molecular weight excluding hydrogens is 215 g/mol. The molecule has 0 bridgehead atoms. The molecule has 0 heterocycles. The van der Waals surface area contributed by atoms with E-state index in [9.17, 15) is 0 Å². The predicted octanol–water partition coefficient (Wildman–Crippen LogP) is -0.692. The van der Waals surface area contributed by atoms with Gasteiger partial charge in [-0.3, -0.25) is 9.11 Å². The van der Waals surface area contributed by atoms with Crippen molar-refractivity contribution in [3.8, 4) is 0 Å². The van der Waals surface area contributed by atoms with E-state index in [0.29, 0.717) is 0 Å². The molecule has 0 aliphatic carbocycles. The average Bonchev–Trinajstić information content (AvgIpc) is 1.95. The van der Waals surface area contributed by atoms with Gasteiger partial charge in [-0.1, -0.05) is 19.8 Å². The normalized spacial score (nSPS) is 9.36. The zero-order valence-corrected chi connectivity index (χ0v) is 11.6. The van der Waals surface area contributed by atoms with Gasteiger partial charge in [0.1, 0.15) is 0 Å². The first-order valence-corrected chi connectivity index (χ1v) is 5.44. The largest absolute Gasteiger partial charge is 1.00 e. The summed E-state index contributed by atoms with van der Waals surface area (Å²) in [7, 11) is -4.67. The molecule has 0 aliphatic rings. The van der Waals surface area contributed by atoms with Crippen LogP contribution in [0, 0.1) is 6.42 Å². The van der Waals surface area contributed by atoms with Gasteiger partial charge in [-0.05, 0) is 0 Å². The molecule has 0 saturated carbocycles. The van der Waals surface area contributed by atoms with Crippen molar-refractivity contribution in [2.45, 2.75) is 32.6 Å². The Balaban J connectivity index is -0.000000177. The van der Waals surface area contributed by atoms with Crippen molar-refractivity contribution >= 4 is 10.4 Å². The molecule has 0 aromatic heterocycles. The Hall–Kier alpha value is 0.610. The second-order valence-corrected chi connectivity index (χ2v) is 3.30. The van der Waals surface area contributed by atoms with E-state index in [4.69, 9.17) is 17.5 Å². The summed E-state index contributed by atoms with van der Waals surface area (Å²) >= 11 is 0. The fourth-order valence-corrected chi connectivity index (χ4v) is 0.584. The molecule has 14 heavy (non-hydrogen) atoms. The molecule has 0 atom stereocenters. The SMILES string of the molecule is C=CC[CH-]CCCC.O=S(=O)(O)O.[Na+]. The molecule has 0 saturated heterocycles. The Morgan fingerprint density at radius 1 is 1.43 bits per heavy atom. The van der Waals surface area contributed by atoms with Crippen LogP contribution in [0.15, 0.2) is 12.7 Å². The number of allylic oxidation sites excluding steroid dienone is 1. The third kappa shape index (κ3) is 54.0. The number of hydrogen-bond donors (Lipinski definition) is 2. The zero-order valence-electron chi connectivity index (χ0n) is 8.81. The van der Waals surface area contributed by atoms with Crippen LogP contribution in [0.5, 0.6) is 0 Å². The maximum atomic E-state index is 8.74. The van der Waals surface area contributed by atoms with Gasteiger partial charge in [-0.2, -0.15) is 21.3 Å². The van der Waals surface area contributed by atoms with Crippen LogP contribution >= 0.6 is 0 Å². The van der Waals surface area contributed by atoms with Crippen molar-refractivity contribution in [3.63, 3.8) is 0 Å². The van der Waals surface area contributed by atoms with Crippen LogP contribution in [0.3, 0.4) is 0 Å². The van der Waals surface area contributed by atoms with Crippen LogP contribution in [0.4, 0.5) is 0 Å². The van der Waals surface area contributed by atoms with Crippen LogP contribution in [0.1, 0.15) is 32.6 Å². The van der Waals surface area contributed by atoms with Gasteiger partial charge in [0, 0.05) is 0 Å². The Kier molecular flexibility index (Phi) is 19.5. The third-order valence-electron chi connectivity index (χ3n) is 1.10. The maximum Gasteiger partial charge on any atom is 1.00 e. The van der Waals surface area contributed by atoms with Gasteiger partial charge in [-0.15, -0.1) is 12.7 Å². The molecule has 80 valence electrons. The summed E-state index contributed by atoms with van der Waals surface area (Å²) in [6.07, 6.45) is 9.16. The van der Waals surface area contributed by atoms with Gasteiger partial charge in [0.15, 0.2) is 0 Å². The second-order valence-electron chi connectivity index (χ2n) is 2.40. The van der Waals surface area contributed by atoms with Gasteiger partial charge in [0.05, 0.1) is 0 Å². The second kappa shape index (κ2) is 13.6. The van der Waals surface area contributed by atoms with Crippen molar-refractivity contribution in [1.82, 2.24) is 0 Å². The van der Waals surface area contributed by atoms with E-state index in [0.717, 1.165) is 6.42 Å². The monoisotopic (exact) mass is 232 g/mol. The average molecular weight is 232 g/mol. The Morgan fingerprint density at radius 2 is 1.86 bits per heavy atom. The first-order valence-electron chi connectivity index (χ1n) is 4.04. The quantitative estimate of drug-likeness (QED) is 0.216. The fourth-order valence-electron chi connectivity index (χ4n) is 0.584. The molecule has 0 spiro atoms.